The van der Waals surface area contributed by atoms with Gasteiger partial charge in [0, 0.05) is 19.1 Å². The van der Waals surface area contributed by atoms with Crippen molar-refractivity contribution in [3.8, 4) is 0 Å². The Kier molecular flexibility index (Phi) is 2.33. The van der Waals surface area contributed by atoms with Crippen LogP contribution in [0.2, 0.25) is 0 Å². The Bertz CT molecular complexity index is 289. The van der Waals surface area contributed by atoms with Gasteiger partial charge in [-0.1, -0.05) is 0 Å². The minimum Gasteiger partial charge on any atom is -0.315 e. The van der Waals surface area contributed by atoms with Crippen LogP contribution in [0.4, 0.5) is 0 Å². The molecule has 0 unspecified atom stereocenters. The topological polar surface area (TPSA) is 49.4 Å². The molecule has 76 valence electrons. The van der Waals surface area contributed by atoms with Crippen molar-refractivity contribution in [2.24, 2.45) is 5.92 Å². The molecule has 0 saturated carbocycles. The first-order chi connectivity index (χ1) is 6.15. The smallest absolute Gasteiger partial charge is 0.214 e. The zero-order valence-corrected chi connectivity index (χ0v) is 8.68. The molecule has 2 saturated heterocycles. The Balaban J connectivity index is 2.18. The highest BCUT2D eigenvalue weighted by molar-refractivity contribution is 7.89. The third kappa shape index (κ3) is 1.49. The van der Waals surface area contributed by atoms with Crippen molar-refractivity contribution in [2.75, 3.05) is 25.4 Å². The van der Waals surface area contributed by atoms with E-state index in [0.29, 0.717) is 5.92 Å². The fourth-order valence-corrected chi connectivity index (χ4v) is 3.70. The van der Waals surface area contributed by atoms with Crippen LogP contribution in [0.3, 0.4) is 0 Å². The highest BCUT2D eigenvalue weighted by Crippen LogP contribution is 2.29. The number of rotatable bonds is 2. The average molecular weight is 204 g/mol. The minimum atomic E-state index is -2.96. The second-order valence-electron chi connectivity index (χ2n) is 3.79. The lowest BCUT2D eigenvalue weighted by atomic mass is 10.1. The lowest BCUT2D eigenvalue weighted by Crippen LogP contribution is -2.39. The van der Waals surface area contributed by atoms with E-state index in [1.165, 1.54) is 0 Å². The molecule has 0 bridgehead atoms. The summed E-state index contributed by atoms with van der Waals surface area (Å²) in [5.41, 5.74) is 0. The van der Waals surface area contributed by atoms with Gasteiger partial charge in [0.05, 0.1) is 5.75 Å². The van der Waals surface area contributed by atoms with Crippen molar-refractivity contribution in [3.63, 3.8) is 0 Å². The second-order valence-corrected chi connectivity index (χ2v) is 6.00. The number of hydrogen-bond donors (Lipinski definition) is 1. The van der Waals surface area contributed by atoms with Gasteiger partial charge in [-0.2, -0.15) is 4.31 Å². The van der Waals surface area contributed by atoms with E-state index >= 15 is 0 Å². The van der Waals surface area contributed by atoms with E-state index < -0.39 is 10.0 Å². The summed E-state index contributed by atoms with van der Waals surface area (Å²) in [4.78, 5) is 0. The fraction of sp³-hybridized carbons (Fsp3) is 1.00. The molecule has 2 aliphatic heterocycles. The summed E-state index contributed by atoms with van der Waals surface area (Å²) in [6.07, 6.45) is 1.02. The van der Waals surface area contributed by atoms with Gasteiger partial charge < -0.3 is 5.32 Å². The Morgan fingerprint density at radius 1 is 1.46 bits per heavy atom. The molecular formula is C8H16N2O2S. The van der Waals surface area contributed by atoms with Crippen molar-refractivity contribution in [1.29, 1.82) is 0 Å². The molecule has 0 aromatic heterocycles. The van der Waals surface area contributed by atoms with Crippen LogP contribution < -0.4 is 5.32 Å². The monoisotopic (exact) mass is 204 g/mol. The maximum absolute atomic E-state index is 11.6. The van der Waals surface area contributed by atoms with Gasteiger partial charge in [-0.3, -0.25) is 0 Å². The molecule has 4 nitrogen and oxygen atoms in total. The van der Waals surface area contributed by atoms with E-state index in [0.717, 1.165) is 26.1 Å². The van der Waals surface area contributed by atoms with Crippen molar-refractivity contribution >= 4 is 10.0 Å². The number of sulfonamides is 1. The molecule has 0 amide bonds. The van der Waals surface area contributed by atoms with Gasteiger partial charge in [-0.05, 0) is 25.8 Å². The normalized spacial score (nSPS) is 35.2. The summed E-state index contributed by atoms with van der Waals surface area (Å²) < 4.78 is 25.0. The fourth-order valence-electron chi connectivity index (χ4n) is 2.32. The molecule has 1 N–H and O–H groups in total. The first-order valence-corrected chi connectivity index (χ1v) is 6.46. The molecule has 2 atom stereocenters. The molecule has 0 aliphatic carbocycles. The van der Waals surface area contributed by atoms with Gasteiger partial charge in [0.25, 0.3) is 0 Å². The molecule has 5 heteroatoms. The first kappa shape index (κ1) is 9.43. The molecule has 2 rings (SSSR count). The number of nitrogens with zero attached hydrogens (tertiary/aromatic N) is 1. The number of fused-ring (bicyclic) bond motifs is 1. The van der Waals surface area contributed by atoms with Crippen LogP contribution >= 0.6 is 0 Å². The molecule has 0 aromatic rings. The zero-order chi connectivity index (χ0) is 9.47. The van der Waals surface area contributed by atoms with Gasteiger partial charge in [-0.15, -0.1) is 0 Å². The van der Waals surface area contributed by atoms with Crippen molar-refractivity contribution in [2.45, 2.75) is 19.4 Å². The Hall–Kier alpha value is -0.130. The molecular weight excluding hydrogens is 188 g/mol. The largest absolute Gasteiger partial charge is 0.315 e. The lowest BCUT2D eigenvalue weighted by Gasteiger charge is -2.21. The maximum atomic E-state index is 11.6. The quantitative estimate of drug-likeness (QED) is 0.667. The van der Waals surface area contributed by atoms with E-state index in [2.05, 4.69) is 5.32 Å². The second kappa shape index (κ2) is 3.22. The molecule has 13 heavy (non-hydrogen) atoms. The summed E-state index contributed by atoms with van der Waals surface area (Å²) in [6.45, 7) is 4.27. The average Bonchev–Trinajstić information content (AvgIpc) is 2.62. The van der Waals surface area contributed by atoms with Crippen molar-refractivity contribution < 1.29 is 8.42 Å². The van der Waals surface area contributed by atoms with Crippen LogP contribution in [0, 0.1) is 5.92 Å². The summed E-state index contributed by atoms with van der Waals surface area (Å²) in [5, 5.41) is 3.24. The summed E-state index contributed by atoms with van der Waals surface area (Å²) in [7, 11) is -2.96. The van der Waals surface area contributed by atoms with Crippen LogP contribution in [0.5, 0.6) is 0 Å². The van der Waals surface area contributed by atoms with Gasteiger partial charge in [-0.25, -0.2) is 8.42 Å². The van der Waals surface area contributed by atoms with Crippen LogP contribution in [0.1, 0.15) is 13.3 Å². The Morgan fingerprint density at radius 2 is 2.23 bits per heavy atom. The van der Waals surface area contributed by atoms with E-state index in [1.807, 2.05) is 0 Å². The summed E-state index contributed by atoms with van der Waals surface area (Å²) in [6, 6.07) is 0.241. The number of hydrogen-bond acceptors (Lipinski definition) is 3. The predicted octanol–water partition coefficient (Wildman–Crippen LogP) is -0.370. The third-order valence-electron chi connectivity index (χ3n) is 3.12. The highest BCUT2D eigenvalue weighted by Gasteiger charge is 2.42. The van der Waals surface area contributed by atoms with E-state index in [-0.39, 0.29) is 11.8 Å². The van der Waals surface area contributed by atoms with Crippen molar-refractivity contribution in [1.82, 2.24) is 9.62 Å². The molecule has 0 radical (unpaired) electrons. The number of nitrogens with one attached hydrogen (secondary N) is 1. The van der Waals surface area contributed by atoms with Gasteiger partial charge >= 0.3 is 0 Å². The zero-order valence-electron chi connectivity index (χ0n) is 7.86. The molecule has 0 aromatic carbocycles. The SMILES string of the molecule is CCS(=O)(=O)N1CC[C@H]2CNC[C@H]21. The maximum Gasteiger partial charge on any atom is 0.214 e. The van der Waals surface area contributed by atoms with Crippen LogP contribution in [-0.4, -0.2) is 44.2 Å². The van der Waals surface area contributed by atoms with Crippen LogP contribution in [-0.2, 0) is 10.0 Å². The third-order valence-corrected chi connectivity index (χ3v) is 5.01. The predicted molar refractivity (Wildman–Crippen MR) is 50.9 cm³/mol. The Labute approximate surface area is 79.4 Å². The van der Waals surface area contributed by atoms with Crippen LogP contribution in [0.25, 0.3) is 0 Å². The molecule has 0 spiro atoms. The van der Waals surface area contributed by atoms with Gasteiger partial charge in [0.2, 0.25) is 10.0 Å². The van der Waals surface area contributed by atoms with Gasteiger partial charge in [0.15, 0.2) is 0 Å². The van der Waals surface area contributed by atoms with Gasteiger partial charge in [0.1, 0.15) is 0 Å². The van der Waals surface area contributed by atoms with E-state index in [1.54, 1.807) is 11.2 Å². The summed E-state index contributed by atoms with van der Waals surface area (Å²) in [5.74, 6) is 0.789. The van der Waals surface area contributed by atoms with E-state index in [4.69, 9.17) is 0 Å². The standard InChI is InChI=1S/C8H16N2O2S/c1-2-13(11,12)10-4-3-7-5-9-6-8(7)10/h7-9H,2-6H2,1H3/t7-,8+/m0/s1. The van der Waals surface area contributed by atoms with E-state index in [9.17, 15) is 8.42 Å². The molecule has 2 aliphatic rings. The lowest BCUT2D eigenvalue weighted by molar-refractivity contribution is 0.383. The molecule has 2 heterocycles. The first-order valence-electron chi connectivity index (χ1n) is 4.85. The highest BCUT2D eigenvalue weighted by atomic mass is 32.2. The minimum absolute atomic E-state index is 0.232. The van der Waals surface area contributed by atoms with Crippen molar-refractivity contribution in [3.05, 3.63) is 0 Å². The van der Waals surface area contributed by atoms with Crippen LogP contribution in [0.15, 0.2) is 0 Å². The summed E-state index contributed by atoms with van der Waals surface area (Å²) >= 11 is 0. The Morgan fingerprint density at radius 3 is 2.92 bits per heavy atom. The molecule has 2 fully saturated rings.